The van der Waals surface area contributed by atoms with Crippen LogP contribution in [0.15, 0.2) is 95.3 Å². The Morgan fingerprint density at radius 1 is 0.957 bits per heavy atom. The largest absolute Gasteiger partial charge is 0.454 e. The average Bonchev–Trinajstić information content (AvgIpc) is 3.67. The van der Waals surface area contributed by atoms with E-state index in [1.54, 1.807) is 49.4 Å². The number of halogens is 4. The van der Waals surface area contributed by atoms with Crippen LogP contribution in [-0.4, -0.2) is 34.1 Å². The van der Waals surface area contributed by atoms with Crippen LogP contribution >= 0.6 is 0 Å². The van der Waals surface area contributed by atoms with Gasteiger partial charge >= 0.3 is 11.9 Å². The molecule has 0 aliphatic rings. The molecule has 4 heterocycles. The molecule has 0 spiro atoms. The Labute approximate surface area is 257 Å². The summed E-state index contributed by atoms with van der Waals surface area (Å²) >= 11 is 0. The Morgan fingerprint density at radius 2 is 1.72 bits per heavy atom. The number of fused-ring (bicyclic) bond motifs is 1. The third-order valence-electron chi connectivity index (χ3n) is 7.29. The Balaban J connectivity index is 1.36. The highest BCUT2D eigenvalue weighted by atomic mass is 19.4. The molecule has 4 aromatic heterocycles. The van der Waals surface area contributed by atoms with E-state index in [9.17, 15) is 31.9 Å². The number of Topliss-reactive ketones (excluding diaryl/α,β-unsaturated/α-hetero) is 1. The normalized spacial score (nSPS) is 11.7. The SMILES string of the molecule is CCn1cc(C(=O)Cc2ccc(Oc3cc(-c4cn(C)cn4)cn4nccc34)c(C(F)(F)F)c2)c(=O)n(-c2ccc(F)cc2)c1=O. The number of carbonyl (C=O) groups is 1. The van der Waals surface area contributed by atoms with Crippen LogP contribution in [0.4, 0.5) is 17.6 Å². The summed E-state index contributed by atoms with van der Waals surface area (Å²) in [6.07, 6.45) is 2.12. The van der Waals surface area contributed by atoms with E-state index in [0.717, 1.165) is 39.6 Å². The third kappa shape index (κ3) is 5.72. The molecule has 0 N–H and O–H groups in total. The van der Waals surface area contributed by atoms with Crippen molar-refractivity contribution in [1.29, 1.82) is 0 Å². The van der Waals surface area contributed by atoms with Gasteiger partial charge in [0.05, 0.1) is 29.5 Å². The summed E-state index contributed by atoms with van der Waals surface area (Å²) in [6, 6.07) is 10.9. The number of nitrogens with zero attached hydrogens (tertiary/aromatic N) is 6. The molecule has 10 nitrogen and oxygen atoms in total. The van der Waals surface area contributed by atoms with Crippen molar-refractivity contribution in [3.05, 3.63) is 129 Å². The molecule has 0 atom stereocenters. The number of ketones is 1. The van der Waals surface area contributed by atoms with Gasteiger partial charge in [0.15, 0.2) is 11.5 Å². The molecule has 0 fully saturated rings. The number of aryl methyl sites for hydroxylation is 2. The van der Waals surface area contributed by atoms with E-state index in [2.05, 4.69) is 10.1 Å². The first-order chi connectivity index (χ1) is 21.9. The van der Waals surface area contributed by atoms with Crippen molar-refractivity contribution in [3.8, 4) is 28.4 Å². The maximum Gasteiger partial charge on any atom is 0.419 e. The number of ether oxygens (including phenoxy) is 1. The monoisotopic (exact) mass is 632 g/mol. The summed E-state index contributed by atoms with van der Waals surface area (Å²) in [5, 5.41) is 4.19. The highest BCUT2D eigenvalue weighted by Crippen LogP contribution is 2.40. The number of pyridine rings is 1. The van der Waals surface area contributed by atoms with Crippen LogP contribution in [0.25, 0.3) is 22.5 Å². The number of aromatic nitrogens is 6. The van der Waals surface area contributed by atoms with Gasteiger partial charge in [-0.2, -0.15) is 18.3 Å². The van der Waals surface area contributed by atoms with Gasteiger partial charge in [0, 0.05) is 44.2 Å². The first-order valence-electron chi connectivity index (χ1n) is 13.9. The van der Waals surface area contributed by atoms with Crippen LogP contribution in [-0.2, 0) is 26.2 Å². The zero-order valence-electron chi connectivity index (χ0n) is 24.3. The van der Waals surface area contributed by atoms with Gasteiger partial charge in [0.25, 0.3) is 5.56 Å². The fourth-order valence-electron chi connectivity index (χ4n) is 5.01. The van der Waals surface area contributed by atoms with E-state index in [4.69, 9.17) is 4.74 Å². The van der Waals surface area contributed by atoms with Crippen molar-refractivity contribution in [2.24, 2.45) is 7.05 Å². The molecule has 0 radical (unpaired) electrons. The molecule has 46 heavy (non-hydrogen) atoms. The summed E-state index contributed by atoms with van der Waals surface area (Å²) in [7, 11) is 1.78. The zero-order valence-corrected chi connectivity index (χ0v) is 24.3. The lowest BCUT2D eigenvalue weighted by atomic mass is 10.0. The molecule has 234 valence electrons. The molecule has 0 aliphatic heterocycles. The number of alkyl halides is 3. The van der Waals surface area contributed by atoms with Crippen LogP contribution < -0.4 is 16.0 Å². The Morgan fingerprint density at radius 3 is 2.39 bits per heavy atom. The first kappa shape index (κ1) is 30.2. The van der Waals surface area contributed by atoms with E-state index < -0.39 is 52.3 Å². The van der Waals surface area contributed by atoms with E-state index in [0.29, 0.717) is 16.8 Å². The summed E-state index contributed by atoms with van der Waals surface area (Å²) in [5.41, 5.74) is -1.75. The van der Waals surface area contributed by atoms with Crippen molar-refractivity contribution in [1.82, 2.24) is 28.3 Å². The smallest absolute Gasteiger partial charge is 0.419 e. The molecule has 0 unspecified atom stereocenters. The average molecular weight is 633 g/mol. The highest BCUT2D eigenvalue weighted by molar-refractivity contribution is 5.97. The summed E-state index contributed by atoms with van der Waals surface area (Å²) < 4.78 is 67.4. The second-order valence-corrected chi connectivity index (χ2v) is 10.4. The van der Waals surface area contributed by atoms with Gasteiger partial charge in [0.2, 0.25) is 0 Å². The Kier molecular flexibility index (Phi) is 7.64. The molecule has 0 bridgehead atoms. The topological polar surface area (TPSA) is 105 Å². The van der Waals surface area contributed by atoms with Crippen molar-refractivity contribution < 1.29 is 27.1 Å². The van der Waals surface area contributed by atoms with Crippen LogP contribution in [0.1, 0.15) is 28.4 Å². The molecule has 6 aromatic rings. The standard InChI is InChI=1S/C32H24F4N6O4/c1-3-40-16-23(30(44)42(31(40)45)22-7-5-21(33)6-8-22)27(43)13-19-4-9-28(24(12-19)32(34,35)36)46-29-14-20(25-17-39(2)18-37-25)15-41-26(29)10-11-38-41/h4-12,14-18H,3,13H2,1-2H3. The predicted molar refractivity (Wildman–Crippen MR) is 159 cm³/mol. The minimum absolute atomic E-state index is 0.0357. The van der Waals surface area contributed by atoms with Crippen LogP contribution in [0.2, 0.25) is 0 Å². The van der Waals surface area contributed by atoms with Crippen molar-refractivity contribution in [3.63, 3.8) is 0 Å². The van der Waals surface area contributed by atoms with Crippen molar-refractivity contribution >= 4 is 11.3 Å². The summed E-state index contributed by atoms with van der Waals surface area (Å²) in [4.78, 5) is 43.9. The fraction of sp³-hybridized carbons (Fsp3) is 0.156. The van der Waals surface area contributed by atoms with E-state index in [1.807, 2.05) is 0 Å². The molecule has 0 saturated carbocycles. The minimum Gasteiger partial charge on any atom is -0.454 e. The van der Waals surface area contributed by atoms with E-state index in [1.165, 1.54) is 28.9 Å². The maximum atomic E-state index is 14.4. The lowest BCUT2D eigenvalue weighted by Gasteiger charge is -2.16. The van der Waals surface area contributed by atoms with Crippen molar-refractivity contribution in [2.45, 2.75) is 26.1 Å². The van der Waals surface area contributed by atoms with Gasteiger partial charge < -0.3 is 9.30 Å². The molecule has 14 heteroatoms. The van der Waals surface area contributed by atoms with Gasteiger partial charge in [-0.25, -0.2) is 23.3 Å². The second-order valence-electron chi connectivity index (χ2n) is 10.4. The number of carbonyl (C=O) groups excluding carboxylic acids is 1. The van der Waals surface area contributed by atoms with Crippen LogP contribution in [0.3, 0.4) is 0 Å². The second kappa shape index (κ2) is 11.6. The molecule has 6 rings (SSSR count). The maximum absolute atomic E-state index is 14.4. The number of hydrogen-bond acceptors (Lipinski definition) is 6. The molecular weight excluding hydrogens is 608 g/mol. The van der Waals surface area contributed by atoms with Gasteiger partial charge in [-0.05, 0) is 61.0 Å². The van der Waals surface area contributed by atoms with Gasteiger partial charge in [-0.15, -0.1) is 0 Å². The van der Waals surface area contributed by atoms with Crippen LogP contribution in [0, 0.1) is 5.82 Å². The quantitative estimate of drug-likeness (QED) is 0.164. The predicted octanol–water partition coefficient (Wildman–Crippen LogP) is 5.44. The van der Waals surface area contributed by atoms with Crippen molar-refractivity contribution in [2.75, 3.05) is 0 Å². The molecule has 2 aromatic carbocycles. The molecule has 0 saturated heterocycles. The van der Waals surface area contributed by atoms with Gasteiger partial charge in [-0.3, -0.25) is 14.2 Å². The van der Waals surface area contributed by atoms with Gasteiger partial charge in [-0.1, -0.05) is 6.07 Å². The summed E-state index contributed by atoms with van der Waals surface area (Å²) in [6.45, 7) is 1.71. The van der Waals surface area contributed by atoms with E-state index in [-0.39, 0.29) is 23.5 Å². The number of rotatable bonds is 8. The highest BCUT2D eigenvalue weighted by Gasteiger charge is 2.35. The number of benzene rings is 2. The van der Waals surface area contributed by atoms with Gasteiger partial charge in [0.1, 0.15) is 22.6 Å². The third-order valence-corrected chi connectivity index (χ3v) is 7.29. The molecular formula is C32H24F4N6O4. The molecule has 0 amide bonds. The Hall–Kier alpha value is -5.79. The lowest BCUT2D eigenvalue weighted by molar-refractivity contribution is -0.138. The van der Waals surface area contributed by atoms with E-state index >= 15 is 0 Å². The van der Waals surface area contributed by atoms with Crippen LogP contribution in [0.5, 0.6) is 11.5 Å². The number of imidazole rings is 1. The lowest BCUT2D eigenvalue weighted by Crippen LogP contribution is -2.41. The molecule has 0 aliphatic carbocycles. The minimum atomic E-state index is -4.87. The number of hydrogen-bond donors (Lipinski definition) is 0. The first-order valence-corrected chi connectivity index (χ1v) is 13.9. The Bertz CT molecular complexity index is 2230. The zero-order chi connectivity index (χ0) is 32.7. The summed E-state index contributed by atoms with van der Waals surface area (Å²) in [5.74, 6) is -1.82. The fourth-order valence-corrected chi connectivity index (χ4v) is 5.01.